The summed E-state index contributed by atoms with van der Waals surface area (Å²) in [6.07, 6.45) is 0. The van der Waals surface area contributed by atoms with E-state index in [-0.39, 0.29) is 0 Å². The number of methoxy groups -OCH3 is 2. The Labute approximate surface area is 133 Å². The molecule has 1 N–H and O–H groups in total. The standard InChI is InChI=1S/C18H17NO4/c1-11-4-6-13-14(19-20)10-16(23-17(13)8-11)12-5-7-15(21-2)18(9-12)22-3/h4-10,20H,1-3H3/b19-14-. The van der Waals surface area contributed by atoms with Gasteiger partial charge in [0, 0.05) is 17.0 Å². The number of rotatable bonds is 3. The quantitative estimate of drug-likeness (QED) is 0.591. The van der Waals surface area contributed by atoms with Crippen LogP contribution in [0.25, 0.3) is 22.3 Å². The Balaban J connectivity index is 2.24. The fourth-order valence-electron chi connectivity index (χ4n) is 2.49. The van der Waals surface area contributed by atoms with Crippen LogP contribution in [0.3, 0.4) is 0 Å². The second-order valence-corrected chi connectivity index (χ2v) is 5.17. The lowest BCUT2D eigenvalue weighted by molar-refractivity contribution is 0.302. The van der Waals surface area contributed by atoms with Crippen molar-refractivity contribution in [2.45, 2.75) is 6.92 Å². The monoisotopic (exact) mass is 311 g/mol. The summed E-state index contributed by atoms with van der Waals surface area (Å²) in [5, 5.41) is 13.9. The van der Waals surface area contributed by atoms with Gasteiger partial charge in [0.15, 0.2) is 11.5 Å². The van der Waals surface area contributed by atoms with Crippen LogP contribution in [0.2, 0.25) is 0 Å². The van der Waals surface area contributed by atoms with E-state index in [0.29, 0.717) is 28.2 Å². The first-order valence-electron chi connectivity index (χ1n) is 7.11. The molecule has 2 aromatic carbocycles. The Kier molecular flexibility index (Phi) is 3.93. The van der Waals surface area contributed by atoms with Gasteiger partial charge in [0.1, 0.15) is 16.7 Å². The van der Waals surface area contributed by atoms with Gasteiger partial charge in [-0.15, -0.1) is 0 Å². The van der Waals surface area contributed by atoms with Gasteiger partial charge in [-0.05, 0) is 42.8 Å². The molecule has 0 saturated heterocycles. The second-order valence-electron chi connectivity index (χ2n) is 5.17. The maximum absolute atomic E-state index is 9.30. The van der Waals surface area contributed by atoms with Gasteiger partial charge in [-0.25, -0.2) is 0 Å². The van der Waals surface area contributed by atoms with Crippen molar-refractivity contribution in [1.82, 2.24) is 0 Å². The van der Waals surface area contributed by atoms with Crippen LogP contribution in [0.1, 0.15) is 5.56 Å². The zero-order valence-electron chi connectivity index (χ0n) is 13.2. The molecule has 0 aliphatic rings. The van der Waals surface area contributed by atoms with Crippen LogP contribution in [0.4, 0.5) is 0 Å². The summed E-state index contributed by atoms with van der Waals surface area (Å²) >= 11 is 0. The number of hydrogen-bond acceptors (Lipinski definition) is 5. The minimum atomic E-state index is 0.455. The van der Waals surface area contributed by atoms with Crippen molar-refractivity contribution in [2.75, 3.05) is 14.2 Å². The average Bonchev–Trinajstić information content (AvgIpc) is 2.59. The molecule has 0 saturated carbocycles. The Hall–Kier alpha value is -2.95. The van der Waals surface area contributed by atoms with E-state index in [2.05, 4.69) is 5.16 Å². The molecule has 0 unspecified atom stereocenters. The van der Waals surface area contributed by atoms with E-state index in [1.807, 2.05) is 37.3 Å². The van der Waals surface area contributed by atoms with Crippen LogP contribution in [0.5, 0.6) is 11.5 Å². The number of ether oxygens (including phenoxy) is 2. The van der Waals surface area contributed by atoms with Gasteiger partial charge in [0.05, 0.1) is 14.2 Å². The van der Waals surface area contributed by atoms with Crippen LogP contribution in [-0.4, -0.2) is 19.4 Å². The lowest BCUT2D eigenvalue weighted by Crippen LogP contribution is -2.03. The molecule has 5 nitrogen and oxygen atoms in total. The van der Waals surface area contributed by atoms with Gasteiger partial charge < -0.3 is 19.1 Å². The highest BCUT2D eigenvalue weighted by molar-refractivity contribution is 5.79. The molecule has 3 aromatic rings. The maximum atomic E-state index is 9.30. The predicted octanol–water partition coefficient (Wildman–Crippen LogP) is 3.72. The molecule has 23 heavy (non-hydrogen) atoms. The molecule has 3 rings (SSSR count). The fourth-order valence-corrected chi connectivity index (χ4v) is 2.49. The third-order valence-electron chi connectivity index (χ3n) is 3.68. The molecular weight excluding hydrogens is 294 g/mol. The van der Waals surface area contributed by atoms with E-state index in [0.717, 1.165) is 16.5 Å². The van der Waals surface area contributed by atoms with Gasteiger partial charge in [-0.3, -0.25) is 0 Å². The highest BCUT2D eigenvalue weighted by Crippen LogP contribution is 2.32. The number of benzene rings is 2. The molecule has 0 atom stereocenters. The summed E-state index contributed by atoms with van der Waals surface area (Å²) in [4.78, 5) is 0. The smallest absolute Gasteiger partial charge is 0.161 e. The van der Waals surface area contributed by atoms with Gasteiger partial charge >= 0.3 is 0 Å². The van der Waals surface area contributed by atoms with Gasteiger partial charge in [-0.1, -0.05) is 11.2 Å². The van der Waals surface area contributed by atoms with Crippen LogP contribution in [0, 0.1) is 6.92 Å². The van der Waals surface area contributed by atoms with E-state index in [4.69, 9.17) is 13.9 Å². The summed E-state index contributed by atoms with van der Waals surface area (Å²) in [5.41, 5.74) is 2.52. The number of aryl methyl sites for hydroxylation is 1. The first-order valence-corrected chi connectivity index (χ1v) is 7.11. The summed E-state index contributed by atoms with van der Waals surface area (Å²) in [7, 11) is 3.17. The first-order chi connectivity index (χ1) is 11.2. The minimum absolute atomic E-state index is 0.455. The molecule has 0 amide bonds. The van der Waals surface area contributed by atoms with Crippen LogP contribution in [0.15, 0.2) is 52.0 Å². The minimum Gasteiger partial charge on any atom is -0.493 e. The van der Waals surface area contributed by atoms with Crippen molar-refractivity contribution >= 4 is 11.0 Å². The number of hydrogen-bond donors (Lipinski definition) is 1. The average molecular weight is 311 g/mol. The summed E-state index contributed by atoms with van der Waals surface area (Å²) in [6.45, 7) is 1.98. The Morgan fingerprint density at radius 1 is 0.957 bits per heavy atom. The highest BCUT2D eigenvalue weighted by Gasteiger charge is 2.10. The Morgan fingerprint density at radius 2 is 1.74 bits per heavy atom. The fraction of sp³-hybridized carbons (Fsp3) is 0.167. The van der Waals surface area contributed by atoms with Crippen molar-refractivity contribution in [3.05, 3.63) is 53.4 Å². The van der Waals surface area contributed by atoms with E-state index in [1.54, 1.807) is 26.4 Å². The van der Waals surface area contributed by atoms with E-state index < -0.39 is 0 Å². The largest absolute Gasteiger partial charge is 0.493 e. The van der Waals surface area contributed by atoms with Crippen molar-refractivity contribution in [3.8, 4) is 22.8 Å². The number of nitrogens with zero attached hydrogens (tertiary/aromatic N) is 1. The first kappa shape index (κ1) is 15.0. The molecule has 5 heteroatoms. The van der Waals surface area contributed by atoms with Crippen molar-refractivity contribution in [2.24, 2.45) is 5.16 Å². The Morgan fingerprint density at radius 3 is 2.43 bits per heavy atom. The topological polar surface area (TPSA) is 64.2 Å². The van der Waals surface area contributed by atoms with Crippen molar-refractivity contribution in [3.63, 3.8) is 0 Å². The van der Waals surface area contributed by atoms with Gasteiger partial charge in [0.2, 0.25) is 0 Å². The van der Waals surface area contributed by atoms with Crippen molar-refractivity contribution in [1.29, 1.82) is 0 Å². The maximum Gasteiger partial charge on any atom is 0.161 e. The molecule has 0 aliphatic heterocycles. The van der Waals surface area contributed by atoms with Gasteiger partial charge in [-0.2, -0.15) is 0 Å². The van der Waals surface area contributed by atoms with Crippen LogP contribution >= 0.6 is 0 Å². The molecule has 1 aromatic heterocycles. The normalized spacial score (nSPS) is 11.7. The third kappa shape index (κ3) is 2.73. The third-order valence-corrected chi connectivity index (χ3v) is 3.68. The van der Waals surface area contributed by atoms with E-state index in [1.165, 1.54) is 0 Å². The van der Waals surface area contributed by atoms with Crippen LogP contribution < -0.4 is 14.8 Å². The number of fused-ring (bicyclic) bond motifs is 1. The summed E-state index contributed by atoms with van der Waals surface area (Å²) in [6, 6.07) is 12.9. The highest BCUT2D eigenvalue weighted by atomic mass is 16.5. The molecule has 118 valence electrons. The lowest BCUT2D eigenvalue weighted by Gasteiger charge is -2.10. The summed E-state index contributed by atoms with van der Waals surface area (Å²) in [5.74, 6) is 1.82. The zero-order chi connectivity index (χ0) is 16.4. The zero-order valence-corrected chi connectivity index (χ0v) is 13.2. The van der Waals surface area contributed by atoms with Crippen molar-refractivity contribution < 1.29 is 19.1 Å². The second kappa shape index (κ2) is 6.04. The molecule has 1 heterocycles. The molecule has 0 radical (unpaired) electrons. The van der Waals surface area contributed by atoms with E-state index in [9.17, 15) is 5.21 Å². The SMILES string of the molecule is COc1ccc(-c2c/c(=N/O)c3ccc(C)cc3o2)cc1OC. The van der Waals surface area contributed by atoms with E-state index >= 15 is 0 Å². The molecule has 0 bridgehead atoms. The molecule has 0 fully saturated rings. The summed E-state index contributed by atoms with van der Waals surface area (Å²) < 4.78 is 16.5. The van der Waals surface area contributed by atoms with Gasteiger partial charge in [0.25, 0.3) is 0 Å². The molecule has 0 aliphatic carbocycles. The predicted molar refractivity (Wildman–Crippen MR) is 86.8 cm³/mol. The Bertz CT molecular complexity index is 928. The lowest BCUT2D eigenvalue weighted by atomic mass is 10.1. The molecular formula is C18H17NO4. The molecule has 0 spiro atoms. The van der Waals surface area contributed by atoms with Crippen LogP contribution in [-0.2, 0) is 0 Å².